The smallest absolute Gasteiger partial charge is 0.376 e. The standard InChI is InChI=1S/C15H18O5/c1-8-9(2)14(20-5)11(10(3)13(8)19-4)6-7-12(16)15(17)18/h6-7H,1-5H3,(H,17,18). The molecule has 108 valence electrons. The van der Waals surface area contributed by atoms with Crippen LogP contribution in [0.4, 0.5) is 0 Å². The Kier molecular flexibility index (Phi) is 4.91. The van der Waals surface area contributed by atoms with Gasteiger partial charge in [0.1, 0.15) is 11.5 Å². The van der Waals surface area contributed by atoms with E-state index in [1.54, 1.807) is 7.11 Å². The molecule has 0 spiro atoms. The zero-order valence-electron chi connectivity index (χ0n) is 12.2. The molecular weight excluding hydrogens is 260 g/mol. The summed E-state index contributed by atoms with van der Waals surface area (Å²) in [5, 5.41) is 8.60. The number of benzene rings is 1. The Bertz CT molecular complexity index is 585. The molecule has 1 N–H and O–H groups in total. The van der Waals surface area contributed by atoms with Crippen LogP contribution in [-0.2, 0) is 9.59 Å². The highest BCUT2D eigenvalue weighted by atomic mass is 16.5. The number of carbonyl (C=O) groups is 2. The first-order valence-corrected chi connectivity index (χ1v) is 6.02. The van der Waals surface area contributed by atoms with E-state index in [9.17, 15) is 9.59 Å². The van der Waals surface area contributed by atoms with Crippen molar-refractivity contribution in [3.05, 3.63) is 28.3 Å². The van der Waals surface area contributed by atoms with Crippen LogP contribution in [0.15, 0.2) is 6.08 Å². The molecule has 0 radical (unpaired) electrons. The number of rotatable bonds is 5. The van der Waals surface area contributed by atoms with Crippen molar-refractivity contribution in [2.24, 2.45) is 0 Å². The van der Waals surface area contributed by atoms with Crippen molar-refractivity contribution in [2.75, 3.05) is 14.2 Å². The van der Waals surface area contributed by atoms with Crippen molar-refractivity contribution >= 4 is 17.8 Å². The summed E-state index contributed by atoms with van der Waals surface area (Å²) >= 11 is 0. The number of methoxy groups -OCH3 is 2. The summed E-state index contributed by atoms with van der Waals surface area (Å²) in [6, 6.07) is 0. The molecular formula is C15H18O5. The van der Waals surface area contributed by atoms with Gasteiger partial charge in [-0.3, -0.25) is 4.79 Å². The molecule has 0 aliphatic rings. The van der Waals surface area contributed by atoms with Gasteiger partial charge < -0.3 is 14.6 Å². The molecule has 0 bridgehead atoms. The maximum Gasteiger partial charge on any atom is 0.376 e. The van der Waals surface area contributed by atoms with Crippen molar-refractivity contribution in [3.8, 4) is 11.5 Å². The second-order valence-electron chi connectivity index (χ2n) is 4.36. The van der Waals surface area contributed by atoms with Gasteiger partial charge in [0.2, 0.25) is 0 Å². The van der Waals surface area contributed by atoms with Crippen LogP contribution in [0.5, 0.6) is 11.5 Å². The minimum Gasteiger partial charge on any atom is -0.496 e. The average Bonchev–Trinajstić information content (AvgIpc) is 2.41. The van der Waals surface area contributed by atoms with Crippen LogP contribution in [0.1, 0.15) is 22.3 Å². The highest BCUT2D eigenvalue weighted by Crippen LogP contribution is 2.38. The molecule has 0 saturated carbocycles. The predicted molar refractivity (Wildman–Crippen MR) is 75.4 cm³/mol. The van der Waals surface area contributed by atoms with Crippen molar-refractivity contribution in [3.63, 3.8) is 0 Å². The minimum absolute atomic E-state index is 0.607. The van der Waals surface area contributed by atoms with E-state index in [2.05, 4.69) is 0 Å². The van der Waals surface area contributed by atoms with Crippen molar-refractivity contribution < 1.29 is 24.2 Å². The van der Waals surface area contributed by atoms with E-state index in [1.165, 1.54) is 13.2 Å². The fraction of sp³-hybridized carbons (Fsp3) is 0.333. The first-order chi connectivity index (χ1) is 9.34. The highest BCUT2D eigenvalue weighted by molar-refractivity contribution is 6.38. The Labute approximate surface area is 117 Å². The predicted octanol–water partition coefficient (Wildman–Crippen LogP) is 2.30. The first kappa shape index (κ1) is 15.8. The quantitative estimate of drug-likeness (QED) is 0.661. The highest BCUT2D eigenvalue weighted by Gasteiger charge is 2.17. The van der Waals surface area contributed by atoms with Gasteiger partial charge in [-0.05, 0) is 44.1 Å². The number of carboxylic acids is 1. The molecule has 20 heavy (non-hydrogen) atoms. The van der Waals surface area contributed by atoms with E-state index in [0.29, 0.717) is 17.1 Å². The van der Waals surface area contributed by atoms with Gasteiger partial charge in [-0.15, -0.1) is 0 Å². The average molecular weight is 278 g/mol. The molecule has 5 heteroatoms. The van der Waals surface area contributed by atoms with Crippen LogP contribution in [-0.4, -0.2) is 31.1 Å². The molecule has 0 atom stereocenters. The van der Waals surface area contributed by atoms with Crippen molar-refractivity contribution in [2.45, 2.75) is 20.8 Å². The van der Waals surface area contributed by atoms with E-state index in [1.807, 2.05) is 20.8 Å². The number of aliphatic carboxylic acids is 1. The third-order valence-corrected chi connectivity index (χ3v) is 3.25. The van der Waals surface area contributed by atoms with Gasteiger partial charge in [-0.1, -0.05) is 0 Å². The van der Waals surface area contributed by atoms with Gasteiger partial charge >= 0.3 is 5.97 Å². The van der Waals surface area contributed by atoms with Crippen molar-refractivity contribution in [1.29, 1.82) is 0 Å². The Morgan fingerprint density at radius 2 is 1.45 bits per heavy atom. The molecule has 1 aromatic rings. The molecule has 0 saturated heterocycles. The molecule has 0 fully saturated rings. The third-order valence-electron chi connectivity index (χ3n) is 3.25. The van der Waals surface area contributed by atoms with Gasteiger partial charge in [-0.25, -0.2) is 4.79 Å². The fourth-order valence-electron chi connectivity index (χ4n) is 2.12. The summed E-state index contributed by atoms with van der Waals surface area (Å²) < 4.78 is 10.7. The normalized spacial score (nSPS) is 10.7. The maximum absolute atomic E-state index is 11.2. The molecule has 1 rings (SSSR count). The molecule has 0 unspecified atom stereocenters. The topological polar surface area (TPSA) is 72.8 Å². The third kappa shape index (κ3) is 2.82. The van der Waals surface area contributed by atoms with E-state index in [0.717, 1.165) is 22.8 Å². The molecule has 0 aliphatic carbocycles. The summed E-state index contributed by atoms with van der Waals surface area (Å²) in [6.07, 6.45) is 2.46. The molecule has 0 amide bonds. The van der Waals surface area contributed by atoms with Crippen LogP contribution >= 0.6 is 0 Å². The van der Waals surface area contributed by atoms with Crippen LogP contribution in [0.3, 0.4) is 0 Å². The lowest BCUT2D eigenvalue weighted by Gasteiger charge is -2.18. The largest absolute Gasteiger partial charge is 0.496 e. The Hall–Kier alpha value is -2.30. The van der Waals surface area contributed by atoms with E-state index >= 15 is 0 Å². The number of hydrogen-bond donors (Lipinski definition) is 1. The minimum atomic E-state index is -1.49. The SMILES string of the molecule is COc1c(C)c(C)c(OC)c(C=CC(=O)C(=O)O)c1C. The van der Waals surface area contributed by atoms with Gasteiger partial charge in [0.05, 0.1) is 14.2 Å². The van der Waals surface area contributed by atoms with E-state index < -0.39 is 11.8 Å². The van der Waals surface area contributed by atoms with Crippen LogP contribution in [0, 0.1) is 20.8 Å². The second kappa shape index (κ2) is 6.23. The van der Waals surface area contributed by atoms with Gasteiger partial charge in [0.15, 0.2) is 0 Å². The van der Waals surface area contributed by atoms with Gasteiger partial charge in [0, 0.05) is 11.1 Å². The number of carboxylic acid groups (broad SMARTS) is 1. The summed E-state index contributed by atoms with van der Waals surface area (Å²) in [4.78, 5) is 21.7. The lowest BCUT2D eigenvalue weighted by atomic mass is 9.96. The lowest BCUT2D eigenvalue weighted by molar-refractivity contribution is -0.146. The monoisotopic (exact) mass is 278 g/mol. The molecule has 0 aliphatic heterocycles. The Balaban J connectivity index is 3.48. The Morgan fingerprint density at radius 3 is 1.90 bits per heavy atom. The zero-order valence-corrected chi connectivity index (χ0v) is 12.2. The number of carbonyl (C=O) groups excluding carboxylic acids is 1. The molecule has 0 aromatic heterocycles. The van der Waals surface area contributed by atoms with E-state index in [4.69, 9.17) is 14.6 Å². The second-order valence-corrected chi connectivity index (χ2v) is 4.36. The summed E-state index contributed by atoms with van der Waals surface area (Å²) in [7, 11) is 3.10. The number of ketones is 1. The van der Waals surface area contributed by atoms with Crippen LogP contribution in [0.25, 0.3) is 6.08 Å². The van der Waals surface area contributed by atoms with Crippen molar-refractivity contribution in [1.82, 2.24) is 0 Å². The number of hydrogen-bond acceptors (Lipinski definition) is 4. The zero-order chi connectivity index (χ0) is 15.4. The number of ether oxygens (including phenoxy) is 2. The van der Waals surface area contributed by atoms with Gasteiger partial charge in [0.25, 0.3) is 5.78 Å². The maximum atomic E-state index is 11.2. The summed E-state index contributed by atoms with van der Waals surface area (Å²) in [5.41, 5.74) is 3.27. The summed E-state index contributed by atoms with van der Waals surface area (Å²) in [5.74, 6) is -1.17. The van der Waals surface area contributed by atoms with Gasteiger partial charge in [-0.2, -0.15) is 0 Å². The lowest BCUT2D eigenvalue weighted by Crippen LogP contribution is -2.08. The van der Waals surface area contributed by atoms with Crippen LogP contribution < -0.4 is 9.47 Å². The van der Waals surface area contributed by atoms with Crippen LogP contribution in [0.2, 0.25) is 0 Å². The summed E-state index contributed by atoms with van der Waals surface area (Å²) in [6.45, 7) is 5.63. The molecule has 0 heterocycles. The van der Waals surface area contributed by atoms with E-state index in [-0.39, 0.29) is 0 Å². The fourth-order valence-corrected chi connectivity index (χ4v) is 2.12. The Morgan fingerprint density at radius 1 is 0.950 bits per heavy atom. The first-order valence-electron chi connectivity index (χ1n) is 6.02. The molecule has 5 nitrogen and oxygen atoms in total. The molecule has 1 aromatic carbocycles.